The average Bonchev–Trinajstić information content (AvgIpc) is 2.25. The minimum atomic E-state index is -4.39. The summed E-state index contributed by atoms with van der Waals surface area (Å²) >= 11 is 0. The highest BCUT2D eigenvalue weighted by Crippen LogP contribution is 2.41. The molecular formula is C14H24F4O2. The van der Waals surface area contributed by atoms with Gasteiger partial charge in [0.05, 0.1) is 5.41 Å². The number of carbonyl (C=O) groups excluding carboxylic acids is 1. The first-order chi connectivity index (χ1) is 8.75. The van der Waals surface area contributed by atoms with Gasteiger partial charge in [0.15, 0.2) is 6.10 Å². The van der Waals surface area contributed by atoms with Gasteiger partial charge in [-0.15, -0.1) is 0 Å². The summed E-state index contributed by atoms with van der Waals surface area (Å²) in [6.07, 6.45) is -2.07. The van der Waals surface area contributed by atoms with Crippen molar-refractivity contribution in [2.75, 3.05) is 0 Å². The number of alkyl halides is 4. The fourth-order valence-corrected chi connectivity index (χ4v) is 1.41. The molecule has 6 heteroatoms. The van der Waals surface area contributed by atoms with Crippen molar-refractivity contribution in [3.05, 3.63) is 0 Å². The van der Waals surface area contributed by atoms with Crippen LogP contribution >= 0.6 is 0 Å². The summed E-state index contributed by atoms with van der Waals surface area (Å²) in [5, 5.41) is 0. The first-order valence-corrected chi connectivity index (χ1v) is 6.72. The Morgan fingerprint density at radius 2 is 1.55 bits per heavy atom. The molecule has 0 spiro atoms. The van der Waals surface area contributed by atoms with E-state index in [0.717, 1.165) is 0 Å². The van der Waals surface area contributed by atoms with Gasteiger partial charge in [0, 0.05) is 6.92 Å². The Labute approximate surface area is 117 Å². The van der Waals surface area contributed by atoms with Gasteiger partial charge in [-0.2, -0.15) is 8.78 Å². The molecule has 0 rings (SSSR count). The smallest absolute Gasteiger partial charge is 0.345 e. The summed E-state index contributed by atoms with van der Waals surface area (Å²) in [5.74, 6) is -9.82. The molecule has 0 aromatic rings. The molecule has 0 saturated carbocycles. The maximum absolute atomic E-state index is 13.8. The summed E-state index contributed by atoms with van der Waals surface area (Å²) in [5.41, 5.74) is -0.978. The van der Waals surface area contributed by atoms with Gasteiger partial charge in [0.25, 0.3) is 0 Å². The van der Waals surface area contributed by atoms with Crippen LogP contribution in [-0.4, -0.2) is 23.9 Å². The standard InChI is InChI=1S/C14H24F4O2/c1-7-12(4,5)11(19)20-10(8-9(2)3)14(17,18)13(6,15)16/h9-10H,7-8H2,1-6H3. The van der Waals surface area contributed by atoms with E-state index in [1.54, 1.807) is 20.8 Å². The van der Waals surface area contributed by atoms with Gasteiger partial charge >= 0.3 is 17.8 Å². The lowest BCUT2D eigenvalue weighted by atomic mass is 9.90. The SMILES string of the molecule is CCC(C)(C)C(=O)OC(CC(C)C)C(F)(F)C(C)(F)F. The fourth-order valence-electron chi connectivity index (χ4n) is 1.41. The van der Waals surface area contributed by atoms with E-state index in [1.807, 2.05) is 0 Å². The third kappa shape index (κ3) is 4.63. The summed E-state index contributed by atoms with van der Waals surface area (Å²) < 4.78 is 58.5. The molecule has 120 valence electrons. The van der Waals surface area contributed by atoms with E-state index in [0.29, 0.717) is 6.42 Å². The second kappa shape index (κ2) is 6.31. The predicted molar refractivity (Wildman–Crippen MR) is 69.0 cm³/mol. The fraction of sp³-hybridized carbons (Fsp3) is 0.929. The Hall–Kier alpha value is -0.810. The molecule has 0 aliphatic heterocycles. The number of esters is 1. The van der Waals surface area contributed by atoms with Gasteiger partial charge in [0.1, 0.15) is 0 Å². The second-order valence-corrected chi connectivity index (χ2v) is 6.27. The van der Waals surface area contributed by atoms with Crippen LogP contribution in [0.15, 0.2) is 0 Å². The van der Waals surface area contributed by atoms with Crippen molar-refractivity contribution in [3.63, 3.8) is 0 Å². The molecule has 0 N–H and O–H groups in total. The number of carbonyl (C=O) groups is 1. The van der Waals surface area contributed by atoms with Crippen LogP contribution in [0.2, 0.25) is 0 Å². The number of hydrogen-bond donors (Lipinski definition) is 0. The highest BCUT2D eigenvalue weighted by Gasteiger charge is 2.59. The van der Waals surface area contributed by atoms with Gasteiger partial charge in [0.2, 0.25) is 0 Å². The lowest BCUT2D eigenvalue weighted by Gasteiger charge is -2.34. The summed E-state index contributed by atoms with van der Waals surface area (Å²) in [6.45, 7) is 8.11. The summed E-state index contributed by atoms with van der Waals surface area (Å²) in [4.78, 5) is 11.9. The van der Waals surface area contributed by atoms with E-state index in [2.05, 4.69) is 0 Å². The van der Waals surface area contributed by atoms with E-state index in [9.17, 15) is 22.4 Å². The molecule has 0 aromatic heterocycles. The van der Waals surface area contributed by atoms with Gasteiger partial charge < -0.3 is 4.74 Å². The van der Waals surface area contributed by atoms with Gasteiger partial charge in [-0.25, -0.2) is 8.78 Å². The quantitative estimate of drug-likeness (QED) is 0.504. The van der Waals surface area contributed by atoms with Crippen LogP contribution in [0.4, 0.5) is 17.6 Å². The van der Waals surface area contributed by atoms with Gasteiger partial charge in [-0.05, 0) is 32.6 Å². The molecule has 1 atom stereocenters. The summed E-state index contributed by atoms with van der Waals surface area (Å²) in [6, 6.07) is 0. The van der Waals surface area contributed by atoms with Crippen LogP contribution in [0.1, 0.15) is 54.4 Å². The topological polar surface area (TPSA) is 26.3 Å². The van der Waals surface area contributed by atoms with E-state index >= 15 is 0 Å². The van der Waals surface area contributed by atoms with Gasteiger partial charge in [-0.1, -0.05) is 20.8 Å². The zero-order valence-corrected chi connectivity index (χ0v) is 12.9. The van der Waals surface area contributed by atoms with Crippen molar-refractivity contribution >= 4 is 5.97 Å². The van der Waals surface area contributed by atoms with Crippen LogP contribution in [0.3, 0.4) is 0 Å². The Morgan fingerprint density at radius 1 is 1.10 bits per heavy atom. The molecule has 1 unspecified atom stereocenters. The molecular weight excluding hydrogens is 276 g/mol. The van der Waals surface area contributed by atoms with E-state index < -0.39 is 29.3 Å². The van der Waals surface area contributed by atoms with Crippen LogP contribution in [0.5, 0.6) is 0 Å². The first kappa shape index (κ1) is 19.2. The Balaban J connectivity index is 5.25. The first-order valence-electron chi connectivity index (χ1n) is 6.72. The van der Waals surface area contributed by atoms with E-state index in [-0.39, 0.29) is 19.3 Å². The lowest BCUT2D eigenvalue weighted by molar-refractivity contribution is -0.256. The largest absolute Gasteiger partial charge is 0.455 e. The Bertz CT molecular complexity index is 333. The molecule has 0 radical (unpaired) electrons. The molecule has 0 amide bonds. The minimum Gasteiger partial charge on any atom is -0.455 e. The van der Waals surface area contributed by atoms with Gasteiger partial charge in [-0.3, -0.25) is 4.79 Å². The molecule has 0 aromatic carbocycles. The molecule has 0 saturated heterocycles. The lowest BCUT2D eigenvalue weighted by Crippen LogP contribution is -2.51. The van der Waals surface area contributed by atoms with Crippen LogP contribution in [0, 0.1) is 11.3 Å². The number of ether oxygens (including phenoxy) is 1. The number of rotatable bonds is 7. The molecule has 0 fully saturated rings. The molecule has 2 nitrogen and oxygen atoms in total. The van der Waals surface area contributed by atoms with Crippen molar-refractivity contribution < 1.29 is 27.1 Å². The van der Waals surface area contributed by atoms with Crippen molar-refractivity contribution in [1.82, 2.24) is 0 Å². The number of hydrogen-bond acceptors (Lipinski definition) is 2. The van der Waals surface area contributed by atoms with Crippen LogP contribution < -0.4 is 0 Å². The zero-order valence-electron chi connectivity index (χ0n) is 12.9. The predicted octanol–water partition coefficient (Wildman–Crippen LogP) is 4.67. The van der Waals surface area contributed by atoms with E-state index in [4.69, 9.17) is 4.74 Å². The number of halogens is 4. The van der Waals surface area contributed by atoms with Crippen LogP contribution in [0.25, 0.3) is 0 Å². The maximum atomic E-state index is 13.8. The third-order valence-corrected chi connectivity index (χ3v) is 3.36. The third-order valence-electron chi connectivity index (χ3n) is 3.36. The highest BCUT2D eigenvalue weighted by atomic mass is 19.3. The highest BCUT2D eigenvalue weighted by molar-refractivity contribution is 5.76. The van der Waals surface area contributed by atoms with Crippen molar-refractivity contribution in [1.29, 1.82) is 0 Å². The van der Waals surface area contributed by atoms with Crippen molar-refractivity contribution in [3.8, 4) is 0 Å². The Morgan fingerprint density at radius 3 is 1.85 bits per heavy atom. The van der Waals surface area contributed by atoms with Crippen molar-refractivity contribution in [2.24, 2.45) is 11.3 Å². The normalized spacial score (nSPS) is 15.3. The molecule has 0 aliphatic carbocycles. The van der Waals surface area contributed by atoms with Crippen LogP contribution in [-0.2, 0) is 9.53 Å². The monoisotopic (exact) mass is 300 g/mol. The molecule has 0 heterocycles. The van der Waals surface area contributed by atoms with Crippen molar-refractivity contribution in [2.45, 2.75) is 72.3 Å². The summed E-state index contributed by atoms with van der Waals surface area (Å²) in [7, 11) is 0. The molecule has 0 bridgehead atoms. The average molecular weight is 300 g/mol. The zero-order chi connectivity index (χ0) is 16.4. The maximum Gasteiger partial charge on any atom is 0.345 e. The molecule has 0 aliphatic rings. The molecule has 20 heavy (non-hydrogen) atoms. The van der Waals surface area contributed by atoms with E-state index in [1.165, 1.54) is 13.8 Å². The second-order valence-electron chi connectivity index (χ2n) is 6.27. The minimum absolute atomic E-state index is 0.138. The Kier molecular flexibility index (Phi) is 6.05.